The van der Waals surface area contributed by atoms with Crippen LogP contribution in [-0.2, 0) is 21.5 Å². The van der Waals surface area contributed by atoms with E-state index in [4.69, 9.17) is 0 Å². The van der Waals surface area contributed by atoms with Gasteiger partial charge in [-0.1, -0.05) is 18.2 Å². The van der Waals surface area contributed by atoms with Crippen molar-refractivity contribution in [2.24, 2.45) is 5.92 Å². The number of rotatable bonds is 3. The molecule has 1 aromatic carbocycles. The molecule has 6 heteroatoms. The number of benzene rings is 1. The first-order valence-corrected chi connectivity index (χ1v) is 6.79. The molecule has 1 aromatic heterocycles. The molecule has 4 N–H and O–H groups in total. The average Bonchev–Trinajstić information content (AvgIpc) is 2.84. The summed E-state index contributed by atoms with van der Waals surface area (Å²) < 4.78 is 0. The Labute approximate surface area is 120 Å². The second-order valence-electron chi connectivity index (χ2n) is 5.37. The van der Waals surface area contributed by atoms with Crippen molar-refractivity contribution in [3.05, 3.63) is 35.5 Å². The van der Waals surface area contributed by atoms with Crippen LogP contribution in [0.1, 0.15) is 18.2 Å². The summed E-state index contributed by atoms with van der Waals surface area (Å²) in [7, 11) is 0. The predicted molar refractivity (Wildman–Crippen MR) is 76.1 cm³/mol. The lowest BCUT2D eigenvalue weighted by molar-refractivity contribution is -0.158. The van der Waals surface area contributed by atoms with Crippen molar-refractivity contribution in [3.8, 4) is 0 Å². The Kier molecular flexibility index (Phi) is 2.98. The molecule has 0 bridgehead atoms. The normalized spacial score (nSPS) is 22.7. The first-order valence-electron chi connectivity index (χ1n) is 6.79. The molecule has 2 heterocycles. The first-order chi connectivity index (χ1) is 9.98. The molecule has 1 aliphatic rings. The highest BCUT2D eigenvalue weighted by Crippen LogP contribution is 2.38. The summed E-state index contributed by atoms with van der Waals surface area (Å²) in [5.41, 5.74) is 0.546. The lowest BCUT2D eigenvalue weighted by atomic mass is 9.77. The number of hydrogen-bond acceptors (Lipinski definition) is 3. The predicted octanol–water partition coefficient (Wildman–Crippen LogP) is 1.31. The molecule has 21 heavy (non-hydrogen) atoms. The molecule has 2 aromatic rings. The van der Waals surface area contributed by atoms with Crippen LogP contribution in [0.15, 0.2) is 24.3 Å². The molecule has 0 spiro atoms. The average molecular weight is 288 g/mol. The molecule has 0 saturated heterocycles. The lowest BCUT2D eigenvalue weighted by Crippen LogP contribution is -2.59. The number of nitrogens with one attached hydrogen (secondary N) is 2. The largest absolute Gasteiger partial charge is 0.481 e. The van der Waals surface area contributed by atoms with E-state index in [0.29, 0.717) is 18.7 Å². The van der Waals surface area contributed by atoms with Gasteiger partial charge in [-0.15, -0.1) is 0 Å². The number of carboxylic acids is 2. The van der Waals surface area contributed by atoms with Gasteiger partial charge in [0.15, 0.2) is 5.54 Å². The first kappa shape index (κ1) is 13.6. The molecule has 0 aliphatic carbocycles. The van der Waals surface area contributed by atoms with E-state index >= 15 is 0 Å². The SMILES string of the molecule is CC(C(=O)O)C1(C(=O)O)NCCc2c1[nH]c1ccccc21. The van der Waals surface area contributed by atoms with Gasteiger partial charge in [-0.3, -0.25) is 10.1 Å². The van der Waals surface area contributed by atoms with Crippen molar-refractivity contribution in [1.29, 1.82) is 0 Å². The van der Waals surface area contributed by atoms with Crippen LogP contribution >= 0.6 is 0 Å². The quantitative estimate of drug-likeness (QED) is 0.682. The van der Waals surface area contributed by atoms with E-state index in [9.17, 15) is 19.8 Å². The molecule has 0 fully saturated rings. The lowest BCUT2D eigenvalue weighted by Gasteiger charge is -2.37. The van der Waals surface area contributed by atoms with Crippen LogP contribution in [0.2, 0.25) is 0 Å². The maximum absolute atomic E-state index is 11.9. The third kappa shape index (κ3) is 1.76. The smallest absolute Gasteiger partial charge is 0.331 e. The highest BCUT2D eigenvalue weighted by molar-refractivity contribution is 5.93. The van der Waals surface area contributed by atoms with E-state index in [-0.39, 0.29) is 0 Å². The number of fused-ring (bicyclic) bond motifs is 3. The van der Waals surface area contributed by atoms with Gasteiger partial charge in [0, 0.05) is 17.4 Å². The summed E-state index contributed by atoms with van der Waals surface area (Å²) in [6.45, 7) is 1.85. The van der Waals surface area contributed by atoms with Gasteiger partial charge >= 0.3 is 11.9 Å². The highest BCUT2D eigenvalue weighted by Gasteiger charge is 2.52. The zero-order valence-corrected chi connectivity index (χ0v) is 11.5. The van der Waals surface area contributed by atoms with Crippen LogP contribution in [0.4, 0.5) is 0 Å². The van der Waals surface area contributed by atoms with Crippen LogP contribution < -0.4 is 5.32 Å². The standard InChI is InChI=1S/C15H16N2O4/c1-8(13(18)19)15(14(20)21)12-10(6-7-16-15)9-4-2-3-5-11(9)17-12/h2-5,8,16-17H,6-7H2,1H3,(H,18,19)(H,20,21). The van der Waals surface area contributed by atoms with Gasteiger partial charge in [-0.25, -0.2) is 4.79 Å². The summed E-state index contributed by atoms with van der Waals surface area (Å²) in [5.74, 6) is -3.41. The van der Waals surface area contributed by atoms with Crippen molar-refractivity contribution < 1.29 is 19.8 Å². The number of aromatic nitrogens is 1. The van der Waals surface area contributed by atoms with E-state index < -0.39 is 23.4 Å². The molecule has 2 atom stereocenters. The Balaban J connectivity index is 2.31. The van der Waals surface area contributed by atoms with Crippen LogP contribution in [0.25, 0.3) is 10.9 Å². The second-order valence-corrected chi connectivity index (χ2v) is 5.37. The fourth-order valence-electron chi connectivity index (χ4n) is 3.19. The molecule has 6 nitrogen and oxygen atoms in total. The molecule has 2 unspecified atom stereocenters. The van der Waals surface area contributed by atoms with Crippen molar-refractivity contribution in [1.82, 2.24) is 10.3 Å². The minimum absolute atomic E-state index is 0.429. The number of para-hydroxylation sites is 1. The summed E-state index contributed by atoms with van der Waals surface area (Å²) in [5, 5.41) is 22.9. The van der Waals surface area contributed by atoms with Gasteiger partial charge in [-0.05, 0) is 25.0 Å². The van der Waals surface area contributed by atoms with Gasteiger partial charge in [0.05, 0.1) is 11.6 Å². The molecule has 0 radical (unpaired) electrons. The van der Waals surface area contributed by atoms with E-state index in [1.807, 2.05) is 24.3 Å². The van der Waals surface area contributed by atoms with Crippen LogP contribution in [0.3, 0.4) is 0 Å². The number of hydrogen-bond donors (Lipinski definition) is 4. The van der Waals surface area contributed by atoms with Gasteiger partial charge in [0.2, 0.25) is 0 Å². The van der Waals surface area contributed by atoms with Gasteiger partial charge in [0.25, 0.3) is 0 Å². The Morgan fingerprint density at radius 2 is 2.00 bits per heavy atom. The molecule has 0 amide bonds. The van der Waals surface area contributed by atoms with Gasteiger partial charge in [0.1, 0.15) is 0 Å². The highest BCUT2D eigenvalue weighted by atomic mass is 16.4. The molecule has 110 valence electrons. The van der Waals surface area contributed by atoms with E-state index in [1.165, 1.54) is 6.92 Å². The molecule has 0 saturated carbocycles. The maximum atomic E-state index is 11.9. The van der Waals surface area contributed by atoms with Crippen molar-refractivity contribution in [2.75, 3.05) is 6.54 Å². The summed E-state index contributed by atoms with van der Waals surface area (Å²) in [6.07, 6.45) is 0.667. The Bertz CT molecular complexity index is 736. The summed E-state index contributed by atoms with van der Waals surface area (Å²) in [4.78, 5) is 26.4. The van der Waals surface area contributed by atoms with Crippen LogP contribution in [-0.4, -0.2) is 33.7 Å². The van der Waals surface area contributed by atoms with E-state index in [0.717, 1.165) is 16.5 Å². The van der Waals surface area contributed by atoms with Crippen LogP contribution in [0, 0.1) is 5.92 Å². The van der Waals surface area contributed by atoms with Gasteiger partial charge in [-0.2, -0.15) is 0 Å². The van der Waals surface area contributed by atoms with E-state index in [2.05, 4.69) is 10.3 Å². The Morgan fingerprint density at radius 1 is 1.29 bits per heavy atom. The number of aromatic amines is 1. The van der Waals surface area contributed by atoms with Crippen molar-refractivity contribution in [2.45, 2.75) is 18.9 Å². The summed E-state index contributed by atoms with van der Waals surface area (Å²) in [6, 6.07) is 7.54. The van der Waals surface area contributed by atoms with Crippen molar-refractivity contribution >= 4 is 22.8 Å². The number of H-pyrrole nitrogens is 1. The minimum atomic E-state index is -1.63. The second kappa shape index (κ2) is 4.60. The Morgan fingerprint density at radius 3 is 2.67 bits per heavy atom. The zero-order valence-electron chi connectivity index (χ0n) is 11.5. The number of carboxylic acid groups (broad SMARTS) is 2. The van der Waals surface area contributed by atoms with Crippen LogP contribution in [0.5, 0.6) is 0 Å². The molecule has 1 aliphatic heterocycles. The fraction of sp³-hybridized carbons (Fsp3) is 0.333. The van der Waals surface area contributed by atoms with Crippen molar-refractivity contribution in [3.63, 3.8) is 0 Å². The fourth-order valence-corrected chi connectivity index (χ4v) is 3.19. The van der Waals surface area contributed by atoms with Gasteiger partial charge < -0.3 is 15.2 Å². The topological polar surface area (TPSA) is 102 Å². The third-order valence-electron chi connectivity index (χ3n) is 4.34. The maximum Gasteiger partial charge on any atom is 0.331 e. The molecule has 3 rings (SSSR count). The third-order valence-corrected chi connectivity index (χ3v) is 4.34. The number of carbonyl (C=O) groups is 2. The zero-order chi connectivity index (χ0) is 15.2. The number of aliphatic carboxylic acids is 2. The van der Waals surface area contributed by atoms with E-state index in [1.54, 1.807) is 0 Å². The minimum Gasteiger partial charge on any atom is -0.481 e. The molecular formula is C15H16N2O4. The summed E-state index contributed by atoms with van der Waals surface area (Å²) >= 11 is 0. The Hall–Kier alpha value is -2.34. The molecular weight excluding hydrogens is 272 g/mol. The monoisotopic (exact) mass is 288 g/mol.